The molecule has 0 radical (unpaired) electrons. The highest BCUT2D eigenvalue weighted by molar-refractivity contribution is 7.93. The molecule has 0 bridgehead atoms. The first-order chi connectivity index (χ1) is 20.7. The fraction of sp³-hybridized carbons (Fsp3) is 0.419. The third kappa shape index (κ3) is 6.63. The molecule has 5 rings (SSSR count). The molecule has 1 unspecified atom stereocenters. The van der Waals surface area contributed by atoms with Crippen LogP contribution in [-0.2, 0) is 19.6 Å². The Kier molecular flexibility index (Phi) is 9.79. The lowest BCUT2D eigenvalue weighted by Crippen LogP contribution is -2.54. The van der Waals surface area contributed by atoms with E-state index in [4.69, 9.17) is 14.6 Å². The Morgan fingerprint density at radius 1 is 1.00 bits per heavy atom. The van der Waals surface area contributed by atoms with Crippen LogP contribution in [-0.4, -0.2) is 76.3 Å². The molecule has 0 aromatic heterocycles. The Morgan fingerprint density at radius 2 is 1.59 bits per heavy atom. The van der Waals surface area contributed by atoms with E-state index in [2.05, 4.69) is 24.3 Å². The summed E-state index contributed by atoms with van der Waals surface area (Å²) in [6.45, 7) is 0.635. The summed E-state index contributed by atoms with van der Waals surface area (Å²) in [5.41, 5.74) is 1.24. The number of sulfonamides is 1. The van der Waals surface area contributed by atoms with Crippen molar-refractivity contribution in [3.8, 4) is 5.75 Å². The third-order valence-electron chi connectivity index (χ3n) is 8.44. The second-order valence-electron chi connectivity index (χ2n) is 11.2. The number of carbonyl (C=O) groups excluding carboxylic acids is 1. The number of halogens is 3. The first-order valence-electron chi connectivity index (χ1n) is 14.2. The van der Waals surface area contributed by atoms with Gasteiger partial charge in [0, 0.05) is 22.9 Å². The summed E-state index contributed by atoms with van der Waals surface area (Å²) in [5, 5.41) is 11.6. The molecule has 9 nitrogen and oxygen atoms in total. The Morgan fingerprint density at radius 3 is 2.18 bits per heavy atom. The summed E-state index contributed by atoms with van der Waals surface area (Å²) in [7, 11) is 1.79. The molecule has 3 aromatic carbocycles. The lowest BCUT2D eigenvalue weighted by molar-refractivity contribution is -0.192. The summed E-state index contributed by atoms with van der Waals surface area (Å²) in [5.74, 6) is -2.84. The number of carboxylic acids is 1. The zero-order valence-electron chi connectivity index (χ0n) is 24.7. The van der Waals surface area contributed by atoms with Gasteiger partial charge in [0.05, 0.1) is 30.2 Å². The Bertz CT molecular complexity index is 1620. The van der Waals surface area contributed by atoms with Crippen LogP contribution in [0.15, 0.2) is 65.6 Å². The Hall–Kier alpha value is -3.84. The molecule has 3 aromatic rings. The van der Waals surface area contributed by atoms with Crippen molar-refractivity contribution in [3.05, 3.63) is 66.2 Å². The molecule has 1 fully saturated rings. The van der Waals surface area contributed by atoms with Crippen LogP contribution in [0.5, 0.6) is 5.75 Å². The molecule has 0 spiro atoms. The number of aliphatic carboxylic acids is 1. The normalized spacial score (nSPS) is 17.9. The first kappa shape index (κ1) is 33.1. The minimum Gasteiger partial charge on any atom is -0.496 e. The van der Waals surface area contributed by atoms with E-state index in [1.165, 1.54) is 10.7 Å². The summed E-state index contributed by atoms with van der Waals surface area (Å²) in [4.78, 5) is 24.9. The minimum absolute atomic E-state index is 0.0557. The van der Waals surface area contributed by atoms with Gasteiger partial charge in [0.15, 0.2) is 0 Å². The number of amides is 1. The molecule has 1 aliphatic carbocycles. The lowest BCUT2D eigenvalue weighted by Gasteiger charge is -2.43. The lowest BCUT2D eigenvalue weighted by atomic mass is 9.80. The number of likely N-dealkylation sites (N-methyl/N-ethyl adjacent to an activating group) is 1. The van der Waals surface area contributed by atoms with Crippen LogP contribution >= 0.6 is 0 Å². The highest BCUT2D eigenvalue weighted by atomic mass is 32.2. The van der Waals surface area contributed by atoms with E-state index in [1.807, 2.05) is 36.4 Å². The number of nitrogens with one attached hydrogen (secondary N) is 1. The molecule has 1 heterocycles. The van der Waals surface area contributed by atoms with Gasteiger partial charge in [-0.3, -0.25) is 9.10 Å². The molecule has 0 saturated heterocycles. The van der Waals surface area contributed by atoms with E-state index >= 15 is 0 Å². The van der Waals surface area contributed by atoms with Crippen LogP contribution in [0, 0.1) is 0 Å². The molecule has 13 heteroatoms. The second-order valence-corrected chi connectivity index (χ2v) is 13.0. The van der Waals surface area contributed by atoms with Gasteiger partial charge in [0.1, 0.15) is 5.75 Å². The number of alkyl halides is 3. The number of nitrogens with zero attached hydrogens (tertiary/aromatic N) is 2. The highest BCUT2D eigenvalue weighted by Gasteiger charge is 2.42. The molecule has 1 saturated carbocycles. The van der Waals surface area contributed by atoms with Crippen molar-refractivity contribution in [1.29, 1.82) is 0 Å². The topological polar surface area (TPSA) is 116 Å². The number of methoxy groups -OCH3 is 1. The largest absolute Gasteiger partial charge is 0.496 e. The molecular weight excluding hydrogens is 599 g/mol. The minimum atomic E-state index is -5.08. The monoisotopic (exact) mass is 635 g/mol. The van der Waals surface area contributed by atoms with Gasteiger partial charge in [-0.15, -0.1) is 0 Å². The summed E-state index contributed by atoms with van der Waals surface area (Å²) < 4.78 is 66.7. The van der Waals surface area contributed by atoms with E-state index in [0.29, 0.717) is 23.4 Å². The molecule has 1 amide bonds. The summed E-state index contributed by atoms with van der Waals surface area (Å²) in [6.07, 6.45) is 0.551. The number of anilines is 1. The van der Waals surface area contributed by atoms with E-state index in [0.717, 1.165) is 36.6 Å². The van der Waals surface area contributed by atoms with Gasteiger partial charge in [-0.2, -0.15) is 13.2 Å². The first-order valence-corrected chi connectivity index (χ1v) is 15.6. The molecule has 2 aliphatic rings. The highest BCUT2D eigenvalue weighted by Crippen LogP contribution is 2.42. The van der Waals surface area contributed by atoms with Crippen molar-refractivity contribution < 1.29 is 41.0 Å². The average Bonchev–Trinajstić information content (AvgIpc) is 3.40. The third-order valence-corrected chi connectivity index (χ3v) is 10.3. The van der Waals surface area contributed by atoms with Crippen LogP contribution < -0.4 is 14.4 Å². The van der Waals surface area contributed by atoms with Crippen LogP contribution in [0.1, 0.15) is 43.6 Å². The SMILES string of the molecule is COc1ccc(S(=O)(=O)N2CC(C(=O)NCC3(N(C)C)CCCCC3)c3ccccc32)c2ccccc12.O=C(O)C(F)(F)F. The number of para-hydroxylation sites is 1. The zero-order valence-corrected chi connectivity index (χ0v) is 25.5. The molecule has 1 atom stereocenters. The number of hydrogen-bond donors (Lipinski definition) is 2. The van der Waals surface area contributed by atoms with Crippen molar-refractivity contribution in [3.63, 3.8) is 0 Å². The maximum absolute atomic E-state index is 14.1. The fourth-order valence-electron chi connectivity index (χ4n) is 5.96. The number of carbonyl (C=O) groups is 2. The van der Waals surface area contributed by atoms with Crippen LogP contribution in [0.4, 0.5) is 18.9 Å². The molecular formula is C31H36F3N3O6S. The van der Waals surface area contributed by atoms with Gasteiger partial charge >= 0.3 is 12.1 Å². The van der Waals surface area contributed by atoms with E-state index in [1.54, 1.807) is 31.4 Å². The average molecular weight is 636 g/mol. The zero-order chi connectivity index (χ0) is 32.3. The number of hydrogen-bond acceptors (Lipinski definition) is 6. The number of fused-ring (bicyclic) bond motifs is 2. The fourth-order valence-corrected chi connectivity index (χ4v) is 7.66. The summed E-state index contributed by atoms with van der Waals surface area (Å²) >= 11 is 0. The van der Waals surface area contributed by atoms with Gasteiger partial charge in [-0.05, 0) is 50.7 Å². The second kappa shape index (κ2) is 13.0. The van der Waals surface area contributed by atoms with E-state index in [-0.39, 0.29) is 22.9 Å². The van der Waals surface area contributed by atoms with Gasteiger partial charge in [-0.1, -0.05) is 61.7 Å². The standard InChI is InChI=1S/C29H35N3O4S.C2HF3O2/c1-31(2)29(17-9-4-10-18-29)20-30-28(33)24-19-32(25-14-8-7-11-21(24)25)37(34,35)27-16-15-26(36-3)22-12-5-6-13-23(22)27;3-2(4,5)1(6)7/h5-8,11-16,24H,4,9-10,17-20H2,1-3H3,(H,30,33);(H,6,7). The maximum Gasteiger partial charge on any atom is 0.490 e. The predicted octanol–water partition coefficient (Wildman–Crippen LogP) is 5.15. The Balaban J connectivity index is 0.000000566. The number of benzene rings is 3. The predicted molar refractivity (Wildman–Crippen MR) is 160 cm³/mol. The van der Waals surface area contributed by atoms with Crippen molar-refractivity contribution in [2.24, 2.45) is 0 Å². The quantitative estimate of drug-likeness (QED) is 0.369. The maximum atomic E-state index is 14.1. The van der Waals surface area contributed by atoms with Crippen LogP contribution in [0.2, 0.25) is 0 Å². The Labute approximate surface area is 254 Å². The number of ether oxygens (including phenoxy) is 1. The van der Waals surface area contributed by atoms with E-state index in [9.17, 15) is 26.4 Å². The van der Waals surface area contributed by atoms with E-state index < -0.39 is 28.1 Å². The van der Waals surface area contributed by atoms with Crippen molar-refractivity contribution in [1.82, 2.24) is 10.2 Å². The summed E-state index contributed by atoms with van der Waals surface area (Å²) in [6, 6.07) is 17.9. The van der Waals surface area contributed by atoms with Crippen molar-refractivity contribution >= 4 is 38.4 Å². The number of rotatable bonds is 7. The van der Waals surface area contributed by atoms with Crippen molar-refractivity contribution in [2.45, 2.75) is 54.6 Å². The van der Waals surface area contributed by atoms with Gasteiger partial charge in [-0.25, -0.2) is 13.2 Å². The number of carboxylic acid groups (broad SMARTS) is 1. The molecule has 1 aliphatic heterocycles. The van der Waals surface area contributed by atoms with Crippen molar-refractivity contribution in [2.75, 3.05) is 38.6 Å². The molecule has 44 heavy (non-hydrogen) atoms. The van der Waals surface area contributed by atoms with Gasteiger partial charge in [0.2, 0.25) is 5.91 Å². The van der Waals surface area contributed by atoms with Crippen LogP contribution in [0.3, 0.4) is 0 Å². The van der Waals surface area contributed by atoms with Crippen LogP contribution in [0.25, 0.3) is 10.8 Å². The molecule has 238 valence electrons. The van der Waals surface area contributed by atoms with Gasteiger partial charge < -0.3 is 20.1 Å². The van der Waals surface area contributed by atoms with Gasteiger partial charge in [0.25, 0.3) is 10.0 Å². The smallest absolute Gasteiger partial charge is 0.490 e. The molecule has 2 N–H and O–H groups in total.